The number of carbonyl (C=O) groups excluding carboxylic acids is 1. The molecule has 1 aromatic carbocycles. The van der Waals surface area contributed by atoms with E-state index in [9.17, 15) is 4.79 Å². The first-order valence-corrected chi connectivity index (χ1v) is 10.6. The van der Waals surface area contributed by atoms with Crippen molar-refractivity contribution < 1.29 is 4.79 Å². The molecule has 2 atom stereocenters. The summed E-state index contributed by atoms with van der Waals surface area (Å²) in [6.07, 6.45) is 1.39. The normalized spacial score (nSPS) is 19.7. The Balaban J connectivity index is 0.00000420. The van der Waals surface area contributed by atoms with E-state index in [0.717, 1.165) is 43.3 Å². The Morgan fingerprint density at radius 3 is 2.66 bits per heavy atom. The number of carbonyl (C=O) groups is 1. The quantitative estimate of drug-likeness (QED) is 0.280. The molecule has 2 unspecified atom stereocenters. The Morgan fingerprint density at radius 2 is 2.03 bits per heavy atom. The van der Waals surface area contributed by atoms with Crippen LogP contribution in [0.15, 0.2) is 29.3 Å². The van der Waals surface area contributed by atoms with Crippen molar-refractivity contribution in [2.24, 2.45) is 10.9 Å². The lowest BCUT2D eigenvalue weighted by molar-refractivity contribution is -0.116. The van der Waals surface area contributed by atoms with Gasteiger partial charge in [-0.2, -0.15) is 0 Å². The number of rotatable bonds is 8. The van der Waals surface area contributed by atoms with Crippen molar-refractivity contribution in [1.29, 1.82) is 0 Å². The maximum atomic E-state index is 11.8. The number of guanidine groups is 1. The van der Waals surface area contributed by atoms with Crippen LogP contribution in [0.5, 0.6) is 0 Å². The molecule has 0 aromatic heterocycles. The van der Waals surface area contributed by atoms with E-state index in [4.69, 9.17) is 4.99 Å². The average molecular weight is 515 g/mol. The predicted octanol–water partition coefficient (Wildman–Crippen LogP) is 3.83. The predicted molar refractivity (Wildman–Crippen MR) is 133 cm³/mol. The molecular weight excluding hydrogens is 477 g/mol. The van der Waals surface area contributed by atoms with Gasteiger partial charge in [-0.05, 0) is 50.8 Å². The van der Waals surface area contributed by atoms with Gasteiger partial charge in [0, 0.05) is 43.8 Å². The SMILES string of the molecule is CCCC(=O)Nc1cccc(CN=C(NCC)NC2CN(C(C)C)CC2C)c1.I. The molecule has 1 amide bonds. The van der Waals surface area contributed by atoms with Gasteiger partial charge in [-0.3, -0.25) is 9.69 Å². The molecule has 7 heteroatoms. The fourth-order valence-corrected chi connectivity index (χ4v) is 3.48. The summed E-state index contributed by atoms with van der Waals surface area (Å²) in [4.78, 5) is 19.1. The summed E-state index contributed by atoms with van der Waals surface area (Å²) in [5.41, 5.74) is 1.91. The molecule has 1 saturated heterocycles. The third-order valence-corrected chi connectivity index (χ3v) is 5.14. The highest BCUT2D eigenvalue weighted by molar-refractivity contribution is 14.0. The molecule has 0 radical (unpaired) electrons. The van der Waals surface area contributed by atoms with E-state index in [1.54, 1.807) is 0 Å². The van der Waals surface area contributed by atoms with Gasteiger partial charge in [0.1, 0.15) is 0 Å². The summed E-state index contributed by atoms with van der Waals surface area (Å²) in [5.74, 6) is 1.50. The number of benzene rings is 1. The third-order valence-electron chi connectivity index (χ3n) is 5.14. The molecule has 0 aliphatic carbocycles. The highest BCUT2D eigenvalue weighted by atomic mass is 127. The number of hydrogen-bond donors (Lipinski definition) is 3. The zero-order valence-electron chi connectivity index (χ0n) is 18.5. The van der Waals surface area contributed by atoms with Crippen molar-refractivity contribution >= 4 is 41.5 Å². The van der Waals surface area contributed by atoms with Crippen LogP contribution in [-0.4, -0.2) is 48.5 Å². The number of nitrogens with one attached hydrogen (secondary N) is 3. The maximum Gasteiger partial charge on any atom is 0.224 e. The molecule has 1 aliphatic heterocycles. The van der Waals surface area contributed by atoms with E-state index in [1.165, 1.54) is 0 Å². The van der Waals surface area contributed by atoms with Crippen molar-refractivity contribution in [2.75, 3.05) is 25.0 Å². The summed E-state index contributed by atoms with van der Waals surface area (Å²) in [6, 6.07) is 8.90. The molecule has 164 valence electrons. The molecular formula is C22H38IN5O. The fraction of sp³-hybridized carbons (Fsp3) is 0.636. The lowest BCUT2D eigenvalue weighted by Crippen LogP contribution is -2.46. The first-order valence-electron chi connectivity index (χ1n) is 10.6. The van der Waals surface area contributed by atoms with Crippen LogP contribution in [0.2, 0.25) is 0 Å². The number of aliphatic imine (C=N–C) groups is 1. The number of likely N-dealkylation sites (tertiary alicyclic amines) is 1. The standard InChI is InChI=1S/C22H37N5O.HI/c1-6-9-21(28)25-19-11-8-10-18(12-19)13-24-22(23-7-2)26-20-15-27(16(3)4)14-17(20)5;/h8,10-12,16-17,20H,6-7,9,13-15H2,1-5H3,(H,25,28)(H2,23,24,26);1H. The summed E-state index contributed by atoms with van der Waals surface area (Å²) in [5, 5.41) is 9.92. The van der Waals surface area contributed by atoms with Gasteiger partial charge in [-0.15, -0.1) is 24.0 Å². The van der Waals surface area contributed by atoms with Crippen LogP contribution < -0.4 is 16.0 Å². The van der Waals surface area contributed by atoms with Gasteiger partial charge < -0.3 is 16.0 Å². The minimum atomic E-state index is 0. The summed E-state index contributed by atoms with van der Waals surface area (Å²) in [7, 11) is 0. The first-order chi connectivity index (χ1) is 13.4. The van der Waals surface area contributed by atoms with Crippen LogP contribution in [-0.2, 0) is 11.3 Å². The highest BCUT2D eigenvalue weighted by Crippen LogP contribution is 2.18. The molecule has 6 nitrogen and oxygen atoms in total. The minimum absolute atomic E-state index is 0. The zero-order chi connectivity index (χ0) is 20.5. The lowest BCUT2D eigenvalue weighted by atomic mass is 10.1. The monoisotopic (exact) mass is 515 g/mol. The molecule has 0 saturated carbocycles. The van der Waals surface area contributed by atoms with Crippen molar-refractivity contribution in [1.82, 2.24) is 15.5 Å². The van der Waals surface area contributed by atoms with E-state index in [-0.39, 0.29) is 29.9 Å². The van der Waals surface area contributed by atoms with Crippen LogP contribution >= 0.6 is 24.0 Å². The second-order valence-electron chi connectivity index (χ2n) is 7.97. The van der Waals surface area contributed by atoms with E-state index in [2.05, 4.69) is 48.5 Å². The van der Waals surface area contributed by atoms with E-state index < -0.39 is 0 Å². The average Bonchev–Trinajstić information content (AvgIpc) is 3.01. The molecule has 1 aliphatic rings. The number of hydrogen-bond acceptors (Lipinski definition) is 3. The molecule has 29 heavy (non-hydrogen) atoms. The van der Waals surface area contributed by atoms with Gasteiger partial charge in [-0.25, -0.2) is 4.99 Å². The Kier molecular flexibility index (Phi) is 11.6. The molecule has 1 fully saturated rings. The van der Waals surface area contributed by atoms with Crippen molar-refractivity contribution in [3.63, 3.8) is 0 Å². The van der Waals surface area contributed by atoms with Crippen molar-refractivity contribution in [2.45, 2.75) is 66.1 Å². The minimum Gasteiger partial charge on any atom is -0.357 e. The van der Waals surface area contributed by atoms with Crippen LogP contribution in [0.3, 0.4) is 0 Å². The van der Waals surface area contributed by atoms with Gasteiger partial charge in [0.25, 0.3) is 0 Å². The molecule has 0 spiro atoms. The Labute approximate surface area is 193 Å². The number of anilines is 1. The van der Waals surface area contributed by atoms with Gasteiger partial charge in [0.05, 0.1) is 6.54 Å². The van der Waals surface area contributed by atoms with Crippen molar-refractivity contribution in [3.8, 4) is 0 Å². The van der Waals surface area contributed by atoms with Gasteiger partial charge in [0.2, 0.25) is 5.91 Å². The van der Waals surface area contributed by atoms with Crippen molar-refractivity contribution in [3.05, 3.63) is 29.8 Å². The second kappa shape index (κ2) is 13.1. The van der Waals surface area contributed by atoms with Gasteiger partial charge >= 0.3 is 0 Å². The van der Waals surface area contributed by atoms with Gasteiger partial charge in [0.15, 0.2) is 5.96 Å². The molecule has 0 bridgehead atoms. The Hall–Kier alpha value is -1.35. The third kappa shape index (κ3) is 8.50. The number of halogens is 1. The number of amides is 1. The van der Waals surface area contributed by atoms with Gasteiger partial charge in [-0.1, -0.05) is 26.0 Å². The molecule has 3 N–H and O–H groups in total. The van der Waals surface area contributed by atoms with E-state index in [0.29, 0.717) is 31.0 Å². The van der Waals surface area contributed by atoms with Crippen LogP contribution in [0.25, 0.3) is 0 Å². The summed E-state index contributed by atoms with van der Waals surface area (Å²) < 4.78 is 0. The van der Waals surface area contributed by atoms with E-state index >= 15 is 0 Å². The topological polar surface area (TPSA) is 68.8 Å². The maximum absolute atomic E-state index is 11.8. The van der Waals surface area contributed by atoms with Crippen LogP contribution in [0.1, 0.15) is 53.0 Å². The first kappa shape index (κ1) is 25.7. The lowest BCUT2D eigenvalue weighted by Gasteiger charge is -2.22. The Bertz CT molecular complexity index is 664. The summed E-state index contributed by atoms with van der Waals surface area (Å²) >= 11 is 0. The highest BCUT2D eigenvalue weighted by Gasteiger charge is 2.31. The Morgan fingerprint density at radius 1 is 1.28 bits per heavy atom. The number of nitrogens with zero attached hydrogens (tertiary/aromatic N) is 2. The van der Waals surface area contributed by atoms with Crippen LogP contribution in [0, 0.1) is 5.92 Å². The molecule has 1 aromatic rings. The second-order valence-corrected chi connectivity index (χ2v) is 7.97. The smallest absolute Gasteiger partial charge is 0.224 e. The molecule has 2 rings (SSSR count). The zero-order valence-corrected chi connectivity index (χ0v) is 20.8. The largest absolute Gasteiger partial charge is 0.357 e. The fourth-order valence-electron chi connectivity index (χ4n) is 3.48. The van der Waals surface area contributed by atoms with E-state index in [1.807, 2.05) is 31.2 Å². The summed E-state index contributed by atoms with van der Waals surface area (Å²) in [6.45, 7) is 14.4. The van der Waals surface area contributed by atoms with Crippen LogP contribution in [0.4, 0.5) is 5.69 Å². The molecule has 1 heterocycles.